The standard InChI is InChI=1S/C39H40N6O4/c1-25(2)27-22-26-8-5-10-29-34(26)32(23-27)39(49)45(36(29)46)21-19-42(4)16-7-15-41(3)18-20-44-37(47)30-11-6-9-28-33(43-17-14-40-24-43)13-12-31(35(28)30)38(44)48/h5-6,8-14,17,22-25H,7,15-16,18-21H2,1-4H3. The molecule has 0 N–H and O–H groups in total. The smallest absolute Gasteiger partial charge is 0.261 e. The lowest BCUT2D eigenvalue weighted by atomic mass is 9.89. The summed E-state index contributed by atoms with van der Waals surface area (Å²) >= 11 is 0. The third-order valence-electron chi connectivity index (χ3n) is 9.86. The number of benzene rings is 4. The molecule has 0 fully saturated rings. The van der Waals surface area contributed by atoms with Gasteiger partial charge >= 0.3 is 0 Å². The summed E-state index contributed by atoms with van der Waals surface area (Å²) in [6.07, 6.45) is 6.09. The maximum Gasteiger partial charge on any atom is 0.261 e. The fraction of sp³-hybridized carbons (Fsp3) is 0.308. The number of likely N-dealkylation sites (N-methyl/N-ethyl adjacent to an activating group) is 2. The van der Waals surface area contributed by atoms with E-state index in [-0.39, 0.29) is 36.1 Å². The molecule has 2 aliphatic rings. The Labute approximate surface area is 285 Å². The monoisotopic (exact) mass is 656 g/mol. The highest BCUT2D eigenvalue weighted by molar-refractivity contribution is 6.27. The average molecular weight is 657 g/mol. The van der Waals surface area contributed by atoms with E-state index in [9.17, 15) is 19.2 Å². The van der Waals surface area contributed by atoms with Gasteiger partial charge in [-0.2, -0.15) is 0 Å². The van der Waals surface area contributed by atoms with E-state index < -0.39 is 0 Å². The van der Waals surface area contributed by atoms with Crippen molar-refractivity contribution in [3.05, 3.63) is 107 Å². The zero-order valence-electron chi connectivity index (χ0n) is 28.3. The highest BCUT2D eigenvalue weighted by Crippen LogP contribution is 2.35. The Morgan fingerprint density at radius 2 is 1.27 bits per heavy atom. The molecule has 0 radical (unpaired) electrons. The lowest BCUT2D eigenvalue weighted by Crippen LogP contribution is -2.45. The molecule has 0 saturated heterocycles. The van der Waals surface area contributed by atoms with Gasteiger partial charge in [-0.1, -0.05) is 44.2 Å². The van der Waals surface area contributed by atoms with Crippen molar-refractivity contribution in [2.24, 2.45) is 0 Å². The van der Waals surface area contributed by atoms with Crippen LogP contribution in [0.3, 0.4) is 0 Å². The molecule has 250 valence electrons. The molecule has 3 heterocycles. The van der Waals surface area contributed by atoms with E-state index in [2.05, 4.69) is 34.7 Å². The Morgan fingerprint density at radius 3 is 1.88 bits per heavy atom. The van der Waals surface area contributed by atoms with E-state index in [0.29, 0.717) is 47.3 Å². The quantitative estimate of drug-likeness (QED) is 0.165. The molecule has 10 heteroatoms. The van der Waals surface area contributed by atoms with Gasteiger partial charge in [0.25, 0.3) is 23.6 Å². The lowest BCUT2D eigenvalue weighted by molar-refractivity contribution is 0.0585. The highest BCUT2D eigenvalue weighted by Gasteiger charge is 2.34. The van der Waals surface area contributed by atoms with Crippen molar-refractivity contribution in [1.82, 2.24) is 29.2 Å². The average Bonchev–Trinajstić information content (AvgIpc) is 3.64. The van der Waals surface area contributed by atoms with Crippen LogP contribution in [0.15, 0.2) is 79.4 Å². The number of imide groups is 2. The number of rotatable bonds is 12. The number of carbonyl (C=O) groups is 4. The second kappa shape index (κ2) is 13.0. The number of carbonyl (C=O) groups excluding carboxylic acids is 4. The summed E-state index contributed by atoms with van der Waals surface area (Å²) in [7, 11) is 3.98. The van der Waals surface area contributed by atoms with Crippen LogP contribution in [-0.2, 0) is 0 Å². The van der Waals surface area contributed by atoms with E-state index in [1.165, 1.54) is 9.80 Å². The summed E-state index contributed by atoms with van der Waals surface area (Å²) in [4.78, 5) is 65.2. The number of hydrogen-bond acceptors (Lipinski definition) is 7. The fourth-order valence-corrected chi connectivity index (χ4v) is 7.05. The van der Waals surface area contributed by atoms with Gasteiger partial charge in [0.05, 0.1) is 12.0 Å². The molecule has 0 saturated carbocycles. The molecule has 5 aromatic rings. The maximum absolute atomic E-state index is 13.6. The minimum absolute atomic E-state index is 0.233. The van der Waals surface area contributed by atoms with Gasteiger partial charge in [0.15, 0.2) is 0 Å². The first kappa shape index (κ1) is 32.4. The second-order valence-electron chi connectivity index (χ2n) is 13.4. The zero-order valence-corrected chi connectivity index (χ0v) is 28.3. The highest BCUT2D eigenvalue weighted by atomic mass is 16.2. The van der Waals surface area contributed by atoms with Gasteiger partial charge < -0.3 is 14.4 Å². The molecule has 0 spiro atoms. The van der Waals surface area contributed by atoms with Gasteiger partial charge in [0, 0.05) is 77.0 Å². The van der Waals surface area contributed by atoms with Crippen LogP contribution >= 0.6 is 0 Å². The molecule has 0 aliphatic carbocycles. The number of aromatic nitrogens is 2. The maximum atomic E-state index is 13.6. The Morgan fingerprint density at radius 1 is 0.673 bits per heavy atom. The van der Waals surface area contributed by atoms with Crippen molar-refractivity contribution in [2.45, 2.75) is 26.2 Å². The minimum Gasteiger partial charge on any atom is -0.306 e. The van der Waals surface area contributed by atoms with Crippen molar-refractivity contribution in [1.29, 1.82) is 0 Å². The van der Waals surface area contributed by atoms with E-state index in [1.807, 2.05) is 67.3 Å². The van der Waals surface area contributed by atoms with Crippen LogP contribution in [0.2, 0.25) is 0 Å². The summed E-state index contributed by atoms with van der Waals surface area (Å²) in [5.74, 6) is -0.765. The second-order valence-corrected chi connectivity index (χ2v) is 13.4. The van der Waals surface area contributed by atoms with Gasteiger partial charge in [-0.3, -0.25) is 29.0 Å². The first-order valence-electron chi connectivity index (χ1n) is 16.8. The van der Waals surface area contributed by atoms with Gasteiger partial charge in [0.2, 0.25) is 0 Å². The molecule has 4 aromatic carbocycles. The molecular formula is C39H40N6O4. The minimum atomic E-state index is -0.278. The van der Waals surface area contributed by atoms with Gasteiger partial charge in [0.1, 0.15) is 0 Å². The zero-order chi connectivity index (χ0) is 34.4. The summed E-state index contributed by atoms with van der Waals surface area (Å²) in [5.41, 5.74) is 4.20. The Balaban J connectivity index is 0.926. The molecular weight excluding hydrogens is 616 g/mol. The lowest BCUT2D eigenvalue weighted by Gasteiger charge is -2.30. The molecule has 4 amide bonds. The first-order chi connectivity index (χ1) is 23.6. The van der Waals surface area contributed by atoms with Crippen molar-refractivity contribution in [2.75, 3.05) is 53.4 Å². The van der Waals surface area contributed by atoms with E-state index >= 15 is 0 Å². The van der Waals surface area contributed by atoms with Crippen LogP contribution in [0, 0.1) is 0 Å². The van der Waals surface area contributed by atoms with Gasteiger partial charge in [-0.05, 0) is 80.8 Å². The Bertz CT molecular complexity index is 2100. The summed E-state index contributed by atoms with van der Waals surface area (Å²) in [6.45, 7) is 7.42. The van der Waals surface area contributed by atoms with Crippen molar-refractivity contribution in [3.63, 3.8) is 0 Å². The predicted molar refractivity (Wildman–Crippen MR) is 189 cm³/mol. The van der Waals surface area contributed by atoms with E-state index in [4.69, 9.17) is 0 Å². The number of amides is 4. The van der Waals surface area contributed by atoms with Crippen LogP contribution in [0.1, 0.15) is 73.2 Å². The number of hydrogen-bond donors (Lipinski definition) is 0. The molecule has 2 aliphatic heterocycles. The normalized spacial score (nSPS) is 14.5. The third-order valence-corrected chi connectivity index (χ3v) is 9.86. The largest absolute Gasteiger partial charge is 0.306 e. The third kappa shape index (κ3) is 5.81. The van der Waals surface area contributed by atoms with Gasteiger partial charge in [-0.25, -0.2) is 4.98 Å². The number of imidazole rings is 1. The molecule has 1 aromatic heterocycles. The molecule has 0 unspecified atom stereocenters. The topological polar surface area (TPSA) is 99.1 Å². The van der Waals surface area contributed by atoms with E-state index in [0.717, 1.165) is 46.9 Å². The van der Waals surface area contributed by atoms with E-state index in [1.54, 1.807) is 24.7 Å². The van der Waals surface area contributed by atoms with Crippen molar-refractivity contribution >= 4 is 45.2 Å². The van der Waals surface area contributed by atoms with Crippen LogP contribution in [0.25, 0.3) is 27.2 Å². The summed E-state index contributed by atoms with van der Waals surface area (Å²) in [5, 5.41) is 3.21. The Hall–Kier alpha value is -5.19. The fourth-order valence-electron chi connectivity index (χ4n) is 7.05. The molecule has 49 heavy (non-hydrogen) atoms. The van der Waals surface area contributed by atoms with Gasteiger partial charge in [-0.15, -0.1) is 0 Å². The van der Waals surface area contributed by atoms with Crippen molar-refractivity contribution < 1.29 is 19.2 Å². The van der Waals surface area contributed by atoms with Crippen LogP contribution in [-0.4, -0.2) is 106 Å². The first-order valence-corrected chi connectivity index (χ1v) is 16.8. The Kier molecular flexibility index (Phi) is 8.60. The van der Waals surface area contributed by atoms with Crippen molar-refractivity contribution in [3.8, 4) is 5.69 Å². The number of nitrogens with zero attached hydrogens (tertiary/aromatic N) is 6. The summed E-state index contributed by atoms with van der Waals surface area (Å²) in [6, 6.07) is 19.0. The predicted octanol–water partition coefficient (Wildman–Crippen LogP) is 5.45. The van der Waals surface area contributed by atoms with Crippen LogP contribution in [0.5, 0.6) is 0 Å². The molecule has 10 nitrogen and oxygen atoms in total. The van der Waals surface area contributed by atoms with Crippen LogP contribution < -0.4 is 0 Å². The molecule has 7 rings (SSSR count). The molecule has 0 atom stereocenters. The van der Waals surface area contributed by atoms with Crippen LogP contribution in [0.4, 0.5) is 0 Å². The molecule has 0 bridgehead atoms. The summed E-state index contributed by atoms with van der Waals surface area (Å²) < 4.78 is 1.88. The SMILES string of the molecule is CC(C)c1cc2c3c(cccc3c1)C(=O)N(CCN(C)CCCN(C)CCN1C(=O)c3cccc4c(-n5ccnc5)ccc(c34)C1=O)C2=O.